The van der Waals surface area contributed by atoms with Gasteiger partial charge in [-0.05, 0) is 19.1 Å². The van der Waals surface area contributed by atoms with E-state index in [4.69, 9.17) is 10.7 Å². The Morgan fingerprint density at radius 1 is 1.41 bits per heavy atom. The van der Waals surface area contributed by atoms with Crippen LogP contribution in [0.15, 0.2) is 0 Å². The van der Waals surface area contributed by atoms with Crippen LogP contribution in [0.1, 0.15) is 62.7 Å². The number of rotatable bonds is 5. The summed E-state index contributed by atoms with van der Waals surface area (Å²) in [4.78, 5) is 6.05. The fourth-order valence-corrected chi connectivity index (χ4v) is 3.77. The molecule has 98 valence electrons. The quantitative estimate of drug-likeness (QED) is 0.820. The molecule has 1 aromatic rings. The second-order valence-corrected chi connectivity index (χ2v) is 7.63. The van der Waals surface area contributed by atoms with Crippen LogP contribution >= 0.6 is 23.1 Å². The molecule has 0 radical (unpaired) electrons. The predicted molar refractivity (Wildman–Crippen MR) is 79.9 cm³/mol. The molecule has 1 heterocycles. The first-order valence-electron chi connectivity index (χ1n) is 6.19. The normalized spacial score (nSPS) is 14.0. The van der Waals surface area contributed by atoms with Gasteiger partial charge >= 0.3 is 0 Å². The highest BCUT2D eigenvalue weighted by atomic mass is 32.2. The molecular formula is C13H24N2S2. The SMILES string of the molecule is CCCSCc1nc(C(C)(C)C)c(C(C)N)s1. The largest absolute Gasteiger partial charge is 0.323 e. The number of nitrogens with zero attached hydrogens (tertiary/aromatic N) is 1. The van der Waals surface area contributed by atoms with Crippen LogP contribution in [0.5, 0.6) is 0 Å². The molecule has 0 saturated heterocycles. The first-order valence-corrected chi connectivity index (χ1v) is 8.16. The Kier molecular flexibility index (Phi) is 5.48. The zero-order valence-electron chi connectivity index (χ0n) is 11.5. The molecule has 0 amide bonds. The molecule has 1 rings (SSSR count). The van der Waals surface area contributed by atoms with Gasteiger partial charge in [-0.2, -0.15) is 11.8 Å². The van der Waals surface area contributed by atoms with Gasteiger partial charge in [-0.1, -0.05) is 27.7 Å². The summed E-state index contributed by atoms with van der Waals surface area (Å²) in [6, 6.07) is 0.0895. The van der Waals surface area contributed by atoms with Crippen molar-refractivity contribution in [2.45, 2.75) is 58.2 Å². The van der Waals surface area contributed by atoms with E-state index in [0.29, 0.717) is 0 Å². The summed E-state index contributed by atoms with van der Waals surface area (Å²) in [5.41, 5.74) is 7.32. The number of thioether (sulfide) groups is 1. The Morgan fingerprint density at radius 3 is 2.47 bits per heavy atom. The summed E-state index contributed by atoms with van der Waals surface area (Å²) in [5, 5.41) is 1.22. The van der Waals surface area contributed by atoms with Crippen LogP contribution in [0.25, 0.3) is 0 Å². The van der Waals surface area contributed by atoms with Crippen molar-refractivity contribution in [3.05, 3.63) is 15.6 Å². The van der Waals surface area contributed by atoms with Crippen molar-refractivity contribution in [2.24, 2.45) is 5.73 Å². The van der Waals surface area contributed by atoms with Gasteiger partial charge in [-0.3, -0.25) is 0 Å². The number of aromatic nitrogens is 1. The van der Waals surface area contributed by atoms with Gasteiger partial charge in [-0.15, -0.1) is 11.3 Å². The molecule has 17 heavy (non-hydrogen) atoms. The summed E-state index contributed by atoms with van der Waals surface area (Å²) in [6.45, 7) is 10.9. The lowest BCUT2D eigenvalue weighted by atomic mass is 9.90. The van der Waals surface area contributed by atoms with E-state index in [1.807, 2.05) is 18.7 Å². The Morgan fingerprint density at radius 2 is 2.06 bits per heavy atom. The summed E-state index contributed by atoms with van der Waals surface area (Å²) >= 11 is 3.75. The molecule has 4 heteroatoms. The second-order valence-electron chi connectivity index (χ2n) is 5.41. The van der Waals surface area contributed by atoms with Crippen LogP contribution in [0.4, 0.5) is 0 Å². The Labute approximate surface area is 113 Å². The maximum absolute atomic E-state index is 6.04. The maximum atomic E-state index is 6.04. The molecule has 0 aliphatic carbocycles. The molecule has 0 spiro atoms. The lowest BCUT2D eigenvalue weighted by molar-refractivity contribution is 0.559. The van der Waals surface area contributed by atoms with Crippen molar-refractivity contribution >= 4 is 23.1 Å². The van der Waals surface area contributed by atoms with Crippen LogP contribution in [-0.2, 0) is 11.2 Å². The van der Waals surface area contributed by atoms with Crippen LogP contribution < -0.4 is 5.73 Å². The molecule has 0 aliphatic rings. The molecule has 0 aliphatic heterocycles. The van der Waals surface area contributed by atoms with Gasteiger partial charge in [0.25, 0.3) is 0 Å². The number of hydrogen-bond acceptors (Lipinski definition) is 4. The standard InChI is InChI=1S/C13H24N2S2/c1-6-7-16-8-10-15-12(13(3,4)5)11(17-10)9(2)14/h9H,6-8,14H2,1-5H3. The molecule has 2 N–H and O–H groups in total. The zero-order chi connectivity index (χ0) is 13.1. The van der Waals surface area contributed by atoms with Gasteiger partial charge in [0.1, 0.15) is 5.01 Å². The molecule has 1 aromatic heterocycles. The third-order valence-electron chi connectivity index (χ3n) is 2.40. The monoisotopic (exact) mass is 272 g/mol. The van der Waals surface area contributed by atoms with E-state index in [1.54, 1.807) is 11.3 Å². The first kappa shape index (κ1) is 15.0. The van der Waals surface area contributed by atoms with Crippen LogP contribution in [0.2, 0.25) is 0 Å². The van der Waals surface area contributed by atoms with Crippen molar-refractivity contribution < 1.29 is 0 Å². The number of thiazole rings is 1. The predicted octanol–water partition coefficient (Wildman–Crippen LogP) is 4.10. The molecule has 2 nitrogen and oxygen atoms in total. The smallest absolute Gasteiger partial charge is 0.103 e. The molecule has 1 unspecified atom stereocenters. The van der Waals surface area contributed by atoms with Crippen molar-refractivity contribution in [1.29, 1.82) is 0 Å². The van der Waals surface area contributed by atoms with E-state index >= 15 is 0 Å². The average Bonchev–Trinajstić information content (AvgIpc) is 2.62. The minimum atomic E-state index is 0.0895. The van der Waals surface area contributed by atoms with E-state index in [9.17, 15) is 0 Å². The van der Waals surface area contributed by atoms with E-state index in [0.717, 1.165) is 5.75 Å². The molecule has 0 bridgehead atoms. The summed E-state index contributed by atoms with van der Waals surface area (Å²) in [7, 11) is 0. The second kappa shape index (κ2) is 6.21. The molecule has 1 atom stereocenters. The van der Waals surface area contributed by atoms with Crippen LogP contribution in [0.3, 0.4) is 0 Å². The Hall–Kier alpha value is -0.0600. The number of hydrogen-bond donors (Lipinski definition) is 1. The van der Waals surface area contributed by atoms with Crippen molar-refractivity contribution in [2.75, 3.05) is 5.75 Å². The minimum absolute atomic E-state index is 0.0895. The molecule has 0 aromatic carbocycles. The topological polar surface area (TPSA) is 38.9 Å². The highest BCUT2D eigenvalue weighted by molar-refractivity contribution is 7.98. The molecular weight excluding hydrogens is 248 g/mol. The van der Waals surface area contributed by atoms with Crippen molar-refractivity contribution in [3.63, 3.8) is 0 Å². The van der Waals surface area contributed by atoms with Crippen LogP contribution in [-0.4, -0.2) is 10.7 Å². The number of nitrogens with two attached hydrogens (primary N) is 1. The van der Waals surface area contributed by atoms with E-state index in [-0.39, 0.29) is 11.5 Å². The van der Waals surface area contributed by atoms with E-state index < -0.39 is 0 Å². The first-order chi connectivity index (χ1) is 7.86. The third kappa shape index (κ3) is 4.27. The Bertz CT molecular complexity index is 351. The van der Waals surface area contributed by atoms with Gasteiger partial charge < -0.3 is 5.73 Å². The lowest BCUT2D eigenvalue weighted by Gasteiger charge is -2.18. The van der Waals surface area contributed by atoms with Crippen LogP contribution in [0, 0.1) is 0 Å². The van der Waals surface area contributed by atoms with Gasteiger partial charge in [0.15, 0.2) is 0 Å². The lowest BCUT2D eigenvalue weighted by Crippen LogP contribution is -2.17. The van der Waals surface area contributed by atoms with Gasteiger partial charge in [0.05, 0.1) is 5.69 Å². The highest BCUT2D eigenvalue weighted by Crippen LogP contribution is 2.34. The van der Waals surface area contributed by atoms with Crippen molar-refractivity contribution in [3.8, 4) is 0 Å². The maximum Gasteiger partial charge on any atom is 0.103 e. The highest BCUT2D eigenvalue weighted by Gasteiger charge is 2.24. The van der Waals surface area contributed by atoms with Gasteiger partial charge in [-0.25, -0.2) is 4.98 Å². The van der Waals surface area contributed by atoms with E-state index in [1.165, 1.54) is 27.8 Å². The van der Waals surface area contributed by atoms with Gasteiger partial charge in [0, 0.05) is 22.1 Å². The average molecular weight is 272 g/mol. The summed E-state index contributed by atoms with van der Waals surface area (Å²) < 4.78 is 0. The fourth-order valence-electron chi connectivity index (χ4n) is 1.59. The van der Waals surface area contributed by atoms with Gasteiger partial charge in [0.2, 0.25) is 0 Å². The van der Waals surface area contributed by atoms with E-state index in [2.05, 4.69) is 27.7 Å². The zero-order valence-corrected chi connectivity index (χ0v) is 13.2. The molecule has 0 saturated carbocycles. The third-order valence-corrected chi connectivity index (χ3v) is 5.01. The molecule has 0 fully saturated rings. The fraction of sp³-hybridized carbons (Fsp3) is 0.769. The Balaban J connectivity index is 2.89. The summed E-state index contributed by atoms with van der Waals surface area (Å²) in [5.74, 6) is 2.23. The summed E-state index contributed by atoms with van der Waals surface area (Å²) in [6.07, 6.45) is 1.22. The minimum Gasteiger partial charge on any atom is -0.323 e. The van der Waals surface area contributed by atoms with Crippen molar-refractivity contribution in [1.82, 2.24) is 4.98 Å².